The van der Waals surface area contributed by atoms with Gasteiger partial charge in [0.25, 0.3) is 5.91 Å². The summed E-state index contributed by atoms with van der Waals surface area (Å²) < 4.78 is 10.9. The molecule has 0 bridgehead atoms. The van der Waals surface area contributed by atoms with Crippen molar-refractivity contribution >= 4 is 34.8 Å². The number of halogens is 2. The number of ether oxygens (including phenoxy) is 2. The lowest BCUT2D eigenvalue weighted by Crippen LogP contribution is -2.20. The lowest BCUT2D eigenvalue weighted by molar-refractivity contribution is -0.118. The van der Waals surface area contributed by atoms with E-state index in [1.807, 2.05) is 19.1 Å². The van der Waals surface area contributed by atoms with E-state index in [9.17, 15) is 4.79 Å². The van der Waals surface area contributed by atoms with Gasteiger partial charge in [-0.2, -0.15) is 0 Å². The van der Waals surface area contributed by atoms with Crippen molar-refractivity contribution in [2.75, 3.05) is 18.5 Å². The van der Waals surface area contributed by atoms with Gasteiger partial charge in [0.1, 0.15) is 0 Å². The molecule has 0 aliphatic carbocycles. The fraction of sp³-hybridized carbons (Fsp3) is 0.188. The molecule has 22 heavy (non-hydrogen) atoms. The Labute approximate surface area is 138 Å². The molecule has 0 atom stereocenters. The van der Waals surface area contributed by atoms with Gasteiger partial charge in [-0.3, -0.25) is 4.79 Å². The van der Waals surface area contributed by atoms with E-state index < -0.39 is 0 Å². The Bertz CT molecular complexity index is 641. The topological polar surface area (TPSA) is 47.6 Å². The van der Waals surface area contributed by atoms with Gasteiger partial charge in [-0.25, -0.2) is 0 Å². The molecule has 1 N–H and O–H groups in total. The number of carbonyl (C=O) groups excluding carboxylic acids is 1. The second-order valence-electron chi connectivity index (χ2n) is 4.37. The first-order valence-corrected chi connectivity index (χ1v) is 7.44. The van der Waals surface area contributed by atoms with Crippen LogP contribution in [0.2, 0.25) is 10.0 Å². The smallest absolute Gasteiger partial charge is 0.262 e. The monoisotopic (exact) mass is 339 g/mol. The van der Waals surface area contributed by atoms with Crippen LogP contribution in [0, 0.1) is 0 Å². The first-order valence-electron chi connectivity index (χ1n) is 6.69. The molecule has 4 nitrogen and oxygen atoms in total. The highest BCUT2D eigenvalue weighted by atomic mass is 35.5. The molecule has 2 aromatic carbocycles. The van der Waals surface area contributed by atoms with Gasteiger partial charge in [-0.05, 0) is 37.3 Å². The SMILES string of the molecule is CCOc1ccccc1OCC(=O)Nc1cc(Cl)cc(Cl)c1. The normalized spacial score (nSPS) is 10.1. The van der Waals surface area contributed by atoms with Gasteiger partial charge in [0, 0.05) is 15.7 Å². The second-order valence-corrected chi connectivity index (χ2v) is 5.25. The van der Waals surface area contributed by atoms with Gasteiger partial charge in [0.05, 0.1) is 6.61 Å². The van der Waals surface area contributed by atoms with Crippen molar-refractivity contribution in [3.8, 4) is 11.5 Å². The van der Waals surface area contributed by atoms with Crippen LogP contribution in [0.3, 0.4) is 0 Å². The van der Waals surface area contributed by atoms with E-state index in [1.54, 1.807) is 30.3 Å². The van der Waals surface area contributed by atoms with E-state index >= 15 is 0 Å². The van der Waals surface area contributed by atoms with Gasteiger partial charge < -0.3 is 14.8 Å². The number of nitrogens with one attached hydrogen (secondary N) is 1. The standard InChI is InChI=1S/C16H15Cl2NO3/c1-2-21-14-5-3-4-6-15(14)22-10-16(20)19-13-8-11(17)7-12(18)9-13/h3-9H,2,10H2,1H3,(H,19,20). The number of carbonyl (C=O) groups is 1. The van der Waals surface area contributed by atoms with Gasteiger partial charge in [-0.15, -0.1) is 0 Å². The van der Waals surface area contributed by atoms with Crippen molar-refractivity contribution in [1.29, 1.82) is 0 Å². The maximum absolute atomic E-state index is 11.9. The van der Waals surface area contributed by atoms with Crippen molar-refractivity contribution in [2.24, 2.45) is 0 Å². The highest BCUT2D eigenvalue weighted by molar-refractivity contribution is 6.35. The third kappa shape index (κ3) is 4.83. The molecule has 0 saturated carbocycles. The molecule has 0 fully saturated rings. The van der Waals surface area contributed by atoms with E-state index in [0.717, 1.165) is 0 Å². The minimum Gasteiger partial charge on any atom is -0.490 e. The zero-order valence-electron chi connectivity index (χ0n) is 11.9. The third-order valence-corrected chi connectivity index (χ3v) is 3.09. The summed E-state index contributed by atoms with van der Waals surface area (Å²) >= 11 is 11.8. The molecule has 116 valence electrons. The van der Waals surface area contributed by atoms with Crippen LogP contribution in [-0.2, 0) is 4.79 Å². The van der Waals surface area contributed by atoms with Gasteiger partial charge in [0.2, 0.25) is 0 Å². The number of rotatable bonds is 6. The largest absolute Gasteiger partial charge is 0.490 e. The van der Waals surface area contributed by atoms with Crippen LogP contribution in [0.4, 0.5) is 5.69 Å². The Morgan fingerprint density at radius 1 is 1.05 bits per heavy atom. The Balaban J connectivity index is 1.95. The number of para-hydroxylation sites is 2. The summed E-state index contributed by atoms with van der Waals surface area (Å²) in [6.07, 6.45) is 0. The van der Waals surface area contributed by atoms with Crippen molar-refractivity contribution in [3.05, 3.63) is 52.5 Å². The van der Waals surface area contributed by atoms with Crippen molar-refractivity contribution < 1.29 is 14.3 Å². The van der Waals surface area contributed by atoms with E-state index in [2.05, 4.69) is 5.32 Å². The minimum atomic E-state index is -0.315. The highest BCUT2D eigenvalue weighted by Crippen LogP contribution is 2.26. The molecule has 0 aliphatic rings. The first-order chi connectivity index (χ1) is 10.6. The average Bonchev–Trinajstić information content (AvgIpc) is 2.45. The fourth-order valence-corrected chi connectivity index (χ4v) is 2.34. The first kappa shape index (κ1) is 16.5. The zero-order chi connectivity index (χ0) is 15.9. The Kier molecular flexibility index (Phi) is 5.92. The maximum Gasteiger partial charge on any atom is 0.262 e. The molecule has 2 rings (SSSR count). The summed E-state index contributed by atoms with van der Waals surface area (Å²) in [5.74, 6) is 0.803. The highest BCUT2D eigenvalue weighted by Gasteiger charge is 2.08. The van der Waals surface area contributed by atoms with Crippen LogP contribution >= 0.6 is 23.2 Å². The molecule has 6 heteroatoms. The Hall–Kier alpha value is -1.91. The Morgan fingerprint density at radius 2 is 1.64 bits per heavy atom. The summed E-state index contributed by atoms with van der Waals surface area (Å²) in [5, 5.41) is 3.57. The van der Waals surface area contributed by atoms with Crippen LogP contribution in [0.5, 0.6) is 11.5 Å². The number of amides is 1. The molecular formula is C16H15Cl2NO3. The molecule has 0 heterocycles. The summed E-state index contributed by atoms with van der Waals surface area (Å²) in [7, 11) is 0. The zero-order valence-corrected chi connectivity index (χ0v) is 13.4. The molecule has 0 radical (unpaired) electrons. The fourth-order valence-electron chi connectivity index (χ4n) is 1.81. The van der Waals surface area contributed by atoms with E-state index in [1.165, 1.54) is 0 Å². The lowest BCUT2D eigenvalue weighted by Gasteiger charge is -2.11. The summed E-state index contributed by atoms with van der Waals surface area (Å²) in [5.41, 5.74) is 0.518. The number of hydrogen-bond donors (Lipinski definition) is 1. The molecule has 0 unspecified atom stereocenters. The molecule has 0 aromatic heterocycles. The van der Waals surface area contributed by atoms with E-state index in [0.29, 0.717) is 33.8 Å². The number of benzene rings is 2. The molecule has 0 aliphatic heterocycles. The third-order valence-electron chi connectivity index (χ3n) is 2.65. The lowest BCUT2D eigenvalue weighted by atomic mass is 10.3. The van der Waals surface area contributed by atoms with Gasteiger partial charge >= 0.3 is 0 Å². The van der Waals surface area contributed by atoms with E-state index in [-0.39, 0.29) is 12.5 Å². The summed E-state index contributed by atoms with van der Waals surface area (Å²) in [4.78, 5) is 11.9. The van der Waals surface area contributed by atoms with Crippen molar-refractivity contribution in [1.82, 2.24) is 0 Å². The van der Waals surface area contributed by atoms with Crippen molar-refractivity contribution in [2.45, 2.75) is 6.92 Å². The summed E-state index contributed by atoms with van der Waals surface area (Å²) in [6, 6.07) is 12.0. The quantitative estimate of drug-likeness (QED) is 0.847. The summed E-state index contributed by atoms with van der Waals surface area (Å²) in [6.45, 7) is 2.26. The van der Waals surface area contributed by atoms with Crippen molar-refractivity contribution in [3.63, 3.8) is 0 Å². The predicted octanol–water partition coefficient (Wildman–Crippen LogP) is 4.41. The van der Waals surface area contributed by atoms with Crippen LogP contribution in [0.1, 0.15) is 6.92 Å². The molecule has 0 saturated heterocycles. The van der Waals surface area contributed by atoms with Crippen LogP contribution < -0.4 is 14.8 Å². The maximum atomic E-state index is 11.9. The number of hydrogen-bond acceptors (Lipinski definition) is 3. The van der Waals surface area contributed by atoms with Crippen LogP contribution in [-0.4, -0.2) is 19.1 Å². The Morgan fingerprint density at radius 3 is 2.23 bits per heavy atom. The van der Waals surface area contributed by atoms with E-state index in [4.69, 9.17) is 32.7 Å². The van der Waals surface area contributed by atoms with Gasteiger partial charge in [-0.1, -0.05) is 35.3 Å². The molecular weight excluding hydrogens is 325 g/mol. The molecule has 0 spiro atoms. The minimum absolute atomic E-state index is 0.145. The predicted molar refractivity (Wildman–Crippen MR) is 88.2 cm³/mol. The van der Waals surface area contributed by atoms with Crippen LogP contribution in [0.15, 0.2) is 42.5 Å². The second kappa shape index (κ2) is 7.92. The molecule has 2 aromatic rings. The van der Waals surface area contributed by atoms with Crippen LogP contribution in [0.25, 0.3) is 0 Å². The number of anilines is 1. The van der Waals surface area contributed by atoms with Gasteiger partial charge in [0.15, 0.2) is 18.1 Å². The average molecular weight is 340 g/mol. The molecule has 1 amide bonds.